The van der Waals surface area contributed by atoms with E-state index in [1.165, 1.54) is 23.8 Å². The van der Waals surface area contributed by atoms with Crippen molar-refractivity contribution in [2.75, 3.05) is 13.7 Å². The molecule has 38 heavy (non-hydrogen) atoms. The Morgan fingerprint density at radius 1 is 1.11 bits per heavy atom. The van der Waals surface area contributed by atoms with Crippen molar-refractivity contribution in [2.45, 2.75) is 76.5 Å². The summed E-state index contributed by atoms with van der Waals surface area (Å²) in [6.45, 7) is 13.5. The van der Waals surface area contributed by atoms with E-state index in [0.717, 1.165) is 30.4 Å². The maximum absolute atomic E-state index is 13.3. The van der Waals surface area contributed by atoms with Crippen LogP contribution in [-0.4, -0.2) is 53.1 Å². The molecule has 7 aliphatic carbocycles. The molecular weight excluding hydrogens is 484 g/mol. The second-order valence-electron chi connectivity index (χ2n) is 14.3. The van der Waals surface area contributed by atoms with Gasteiger partial charge in [-0.2, -0.15) is 0 Å². The van der Waals surface area contributed by atoms with E-state index < -0.39 is 34.5 Å². The Hall–Kier alpha value is -1.77. The molecule has 0 bridgehead atoms. The predicted molar refractivity (Wildman–Crippen MR) is 134 cm³/mol. The number of carbonyl (C=O) groups is 1. The lowest BCUT2D eigenvalue weighted by molar-refractivity contribution is -0.332. The summed E-state index contributed by atoms with van der Waals surface area (Å²) in [5.41, 5.74) is 4.15. The quantitative estimate of drug-likeness (QED) is 0.245. The van der Waals surface area contributed by atoms with Gasteiger partial charge in [-0.15, -0.1) is 0 Å². The zero-order valence-corrected chi connectivity index (χ0v) is 22.7. The summed E-state index contributed by atoms with van der Waals surface area (Å²) in [7, 11) is 1.52. The third-order valence-electron chi connectivity index (χ3n) is 13.6. The van der Waals surface area contributed by atoms with E-state index in [9.17, 15) is 15.2 Å². The Morgan fingerprint density at radius 2 is 1.87 bits per heavy atom. The molecule has 9 aliphatic rings. The van der Waals surface area contributed by atoms with Crippen molar-refractivity contribution in [3.8, 4) is 0 Å². The molecular formula is C31H36O7. The van der Waals surface area contributed by atoms with Crippen LogP contribution in [0.25, 0.3) is 0 Å². The fourth-order valence-electron chi connectivity index (χ4n) is 11.9. The standard InChI is InChI=1S/C31H36O7/c1-12-11-36-30-16(12)8-17-13(2)15-7-18(15)27(17,4)21(30)10-29(38-34)20-9-19(20)28(5)24(29)23(30)22-14(3)25(32)37-31(22,35-6)26(28)33/h15,17-21,26,33-34H,2,7-11H2,1,3-6H3/t15-,17+,18-,19-,20+,21+,26-,27-,28+,29+,30-,31+/m1/s1. The molecule has 5 fully saturated rings. The zero-order chi connectivity index (χ0) is 26.5. The van der Waals surface area contributed by atoms with Gasteiger partial charge in [0.25, 0.3) is 5.79 Å². The molecule has 1 spiro atoms. The molecule has 7 heteroatoms. The molecule has 0 unspecified atom stereocenters. The minimum absolute atomic E-state index is 0.0192. The maximum atomic E-state index is 13.3. The highest BCUT2D eigenvalue weighted by molar-refractivity contribution is 5.95. The Bertz CT molecular complexity index is 1400. The third kappa shape index (κ3) is 1.87. The minimum atomic E-state index is -1.62. The number of methoxy groups -OCH3 is 1. The number of esters is 1. The Kier molecular flexibility index (Phi) is 3.69. The van der Waals surface area contributed by atoms with Crippen molar-refractivity contribution >= 4 is 5.97 Å². The Labute approximate surface area is 222 Å². The highest BCUT2D eigenvalue weighted by Crippen LogP contribution is 2.84. The first-order valence-electron chi connectivity index (χ1n) is 14.3. The van der Waals surface area contributed by atoms with Crippen LogP contribution in [0.1, 0.15) is 53.4 Å². The molecule has 202 valence electrons. The molecule has 0 amide bonds. The fraction of sp³-hybridized carbons (Fsp3) is 0.710. The van der Waals surface area contributed by atoms with E-state index in [2.05, 4.69) is 27.4 Å². The summed E-state index contributed by atoms with van der Waals surface area (Å²) in [5, 5.41) is 23.0. The predicted octanol–water partition coefficient (Wildman–Crippen LogP) is 4.10. The van der Waals surface area contributed by atoms with Crippen LogP contribution in [0.3, 0.4) is 0 Å². The van der Waals surface area contributed by atoms with E-state index >= 15 is 0 Å². The second-order valence-corrected chi connectivity index (χ2v) is 14.3. The number of carbonyl (C=O) groups excluding carboxylic acids is 1. The summed E-state index contributed by atoms with van der Waals surface area (Å²) < 4.78 is 19.2. The molecule has 9 rings (SSSR count). The van der Waals surface area contributed by atoms with Crippen molar-refractivity contribution in [3.63, 3.8) is 0 Å². The van der Waals surface area contributed by atoms with Gasteiger partial charge in [0, 0.05) is 35.2 Å². The van der Waals surface area contributed by atoms with Gasteiger partial charge in [-0.25, -0.2) is 9.68 Å². The number of allylic oxidation sites excluding steroid dienone is 1. The van der Waals surface area contributed by atoms with E-state index in [1.54, 1.807) is 6.92 Å². The average molecular weight is 521 g/mol. The largest absolute Gasteiger partial charge is 0.422 e. The average Bonchev–Trinajstić information content (AvgIpc) is 3.80. The molecule has 12 atom stereocenters. The molecule has 0 radical (unpaired) electrons. The van der Waals surface area contributed by atoms with Crippen LogP contribution in [-0.2, 0) is 23.9 Å². The van der Waals surface area contributed by atoms with Crippen molar-refractivity contribution in [1.29, 1.82) is 0 Å². The van der Waals surface area contributed by atoms with Crippen LogP contribution in [0.4, 0.5) is 0 Å². The van der Waals surface area contributed by atoms with Gasteiger partial charge in [-0.1, -0.05) is 26.0 Å². The van der Waals surface area contributed by atoms with E-state index in [4.69, 9.17) is 19.1 Å². The van der Waals surface area contributed by atoms with Crippen LogP contribution in [0, 0.1) is 46.3 Å². The molecule has 2 aliphatic heterocycles. The van der Waals surface area contributed by atoms with Crippen LogP contribution in [0.5, 0.6) is 0 Å². The lowest BCUT2D eigenvalue weighted by Gasteiger charge is -2.64. The molecule has 0 aromatic carbocycles. The van der Waals surface area contributed by atoms with Gasteiger partial charge in [0.15, 0.2) is 0 Å². The van der Waals surface area contributed by atoms with Gasteiger partial charge in [0.1, 0.15) is 17.3 Å². The molecule has 7 nitrogen and oxygen atoms in total. The summed E-state index contributed by atoms with van der Waals surface area (Å²) in [6.07, 6.45) is 2.40. The summed E-state index contributed by atoms with van der Waals surface area (Å²) in [6, 6.07) is 0. The van der Waals surface area contributed by atoms with Crippen LogP contribution in [0.15, 0.2) is 45.6 Å². The van der Waals surface area contributed by atoms with Crippen molar-refractivity contribution in [2.24, 2.45) is 46.3 Å². The smallest absolute Gasteiger partial charge is 0.337 e. The fourth-order valence-corrected chi connectivity index (χ4v) is 11.9. The van der Waals surface area contributed by atoms with Gasteiger partial charge in [0.05, 0.1) is 6.61 Å². The highest BCUT2D eigenvalue weighted by Gasteiger charge is 2.86. The molecule has 0 aromatic heterocycles. The highest BCUT2D eigenvalue weighted by atomic mass is 17.1. The summed E-state index contributed by atoms with van der Waals surface area (Å²) >= 11 is 0. The van der Waals surface area contributed by atoms with Crippen molar-refractivity contribution in [1.82, 2.24) is 0 Å². The lowest BCUT2D eigenvalue weighted by Crippen LogP contribution is -2.68. The van der Waals surface area contributed by atoms with Crippen LogP contribution < -0.4 is 0 Å². The normalized spacial score (nSPS) is 58.2. The Morgan fingerprint density at radius 3 is 2.58 bits per heavy atom. The maximum Gasteiger partial charge on any atom is 0.337 e. The van der Waals surface area contributed by atoms with Crippen molar-refractivity contribution < 1.29 is 34.3 Å². The summed E-state index contributed by atoms with van der Waals surface area (Å²) in [5.74, 6) is -0.465. The Balaban J connectivity index is 1.44. The van der Waals surface area contributed by atoms with Gasteiger partial charge in [0.2, 0.25) is 0 Å². The van der Waals surface area contributed by atoms with Gasteiger partial charge < -0.3 is 19.3 Å². The number of hydrogen-bond donors (Lipinski definition) is 2. The molecule has 5 saturated carbocycles. The SMILES string of the molecule is C=C1[C@H]2C[C@H]2[C@]2(C)[C@@H]3C[C@@]4(OO)C5=C(C6=C(C)C(=O)O[C@]6(OC)[C@H](O)[C@@]5(C)[C@@H]5C[C@@H]54)[C@]34OCC(C)=C4C[C@@H]12. The lowest BCUT2D eigenvalue weighted by atomic mass is 9.43. The number of fused-ring (bicyclic) bond motifs is 9. The third-order valence-corrected chi connectivity index (χ3v) is 13.6. The number of aliphatic hydroxyl groups excluding tert-OH is 1. The van der Waals surface area contributed by atoms with E-state index in [-0.39, 0.29) is 23.2 Å². The first-order chi connectivity index (χ1) is 18.0. The zero-order valence-electron chi connectivity index (χ0n) is 22.7. The van der Waals surface area contributed by atoms with E-state index in [0.29, 0.717) is 41.9 Å². The first kappa shape index (κ1) is 23.0. The second kappa shape index (κ2) is 6.10. The monoisotopic (exact) mass is 520 g/mol. The van der Waals surface area contributed by atoms with Gasteiger partial charge in [-0.05, 0) is 91.3 Å². The van der Waals surface area contributed by atoms with Crippen molar-refractivity contribution in [3.05, 3.63) is 45.6 Å². The molecule has 0 aromatic rings. The van der Waals surface area contributed by atoms with Crippen LogP contribution in [0.2, 0.25) is 0 Å². The molecule has 2 N–H and O–H groups in total. The molecule has 0 saturated heterocycles. The number of aliphatic hydroxyl groups is 1. The van der Waals surface area contributed by atoms with Gasteiger partial charge >= 0.3 is 5.97 Å². The van der Waals surface area contributed by atoms with Gasteiger partial charge in [-0.3, -0.25) is 5.26 Å². The number of hydrogen-bond acceptors (Lipinski definition) is 7. The number of rotatable bonds is 2. The minimum Gasteiger partial charge on any atom is -0.422 e. The first-order valence-corrected chi connectivity index (χ1v) is 14.3. The van der Waals surface area contributed by atoms with Crippen LogP contribution >= 0.6 is 0 Å². The summed E-state index contributed by atoms with van der Waals surface area (Å²) in [4.78, 5) is 19.0. The topological polar surface area (TPSA) is 94.5 Å². The van der Waals surface area contributed by atoms with E-state index in [1.807, 2.05) is 0 Å². The number of ether oxygens (including phenoxy) is 3. The molecule has 2 heterocycles.